The lowest BCUT2D eigenvalue weighted by Crippen LogP contribution is -2.39. The molecule has 0 N–H and O–H groups in total. The van der Waals surface area contributed by atoms with Crippen LogP contribution in [-0.2, 0) is 28.9 Å². The predicted molar refractivity (Wildman–Crippen MR) is 200 cm³/mol. The van der Waals surface area contributed by atoms with E-state index >= 15 is 0 Å². The van der Waals surface area contributed by atoms with Crippen LogP contribution in [0.1, 0.15) is 73.9 Å². The SMILES string of the molecule is COC(=O)c1cn([C@H]2C[C@H](OP(OCCC#N)N(C(C)C)C(C)C)[C@@H](COC(c3ccccc3)(c3ccc(OC)cc3)c3ccc(OC)cc3)O2)cn1. The Morgan fingerprint density at radius 2 is 1.53 bits per heavy atom. The highest BCUT2D eigenvalue weighted by atomic mass is 31.2. The van der Waals surface area contributed by atoms with Gasteiger partial charge in [0.15, 0.2) is 5.69 Å². The van der Waals surface area contributed by atoms with Crippen LogP contribution < -0.4 is 9.47 Å². The zero-order valence-corrected chi connectivity index (χ0v) is 32.3. The largest absolute Gasteiger partial charge is 0.497 e. The highest BCUT2D eigenvalue weighted by molar-refractivity contribution is 7.44. The van der Waals surface area contributed by atoms with Gasteiger partial charge in [0, 0.05) is 24.7 Å². The lowest BCUT2D eigenvalue weighted by molar-refractivity contribution is -0.0918. The number of methoxy groups -OCH3 is 3. The second kappa shape index (κ2) is 18.6. The molecular formula is C40H49N4O8P. The van der Waals surface area contributed by atoms with Crippen molar-refractivity contribution in [3.8, 4) is 17.6 Å². The van der Waals surface area contributed by atoms with Gasteiger partial charge in [-0.1, -0.05) is 54.6 Å². The van der Waals surface area contributed by atoms with E-state index in [9.17, 15) is 10.1 Å². The van der Waals surface area contributed by atoms with Gasteiger partial charge in [0.05, 0.1) is 59.5 Å². The molecular weight excluding hydrogens is 695 g/mol. The van der Waals surface area contributed by atoms with E-state index < -0.39 is 38.5 Å². The van der Waals surface area contributed by atoms with Crippen molar-refractivity contribution in [1.82, 2.24) is 14.2 Å². The van der Waals surface area contributed by atoms with Crippen molar-refractivity contribution in [2.75, 3.05) is 34.5 Å². The third kappa shape index (κ3) is 9.25. The Bertz CT molecular complexity index is 1720. The van der Waals surface area contributed by atoms with E-state index in [0.29, 0.717) is 6.42 Å². The molecule has 1 aliphatic rings. The van der Waals surface area contributed by atoms with Crippen molar-refractivity contribution in [1.29, 1.82) is 5.26 Å². The molecule has 5 rings (SSSR count). The van der Waals surface area contributed by atoms with Gasteiger partial charge in [-0.2, -0.15) is 5.26 Å². The molecule has 1 unspecified atom stereocenters. The summed E-state index contributed by atoms with van der Waals surface area (Å²) < 4.78 is 47.1. The number of hydrogen-bond donors (Lipinski definition) is 0. The molecule has 0 bridgehead atoms. The first-order chi connectivity index (χ1) is 25.6. The van der Waals surface area contributed by atoms with Gasteiger partial charge in [-0.3, -0.25) is 0 Å². The summed E-state index contributed by atoms with van der Waals surface area (Å²) in [6.45, 7) is 8.72. The number of carbonyl (C=O) groups excluding carboxylic acids is 1. The third-order valence-corrected chi connectivity index (χ3v) is 11.2. The zero-order chi connectivity index (χ0) is 38.0. The van der Waals surface area contributed by atoms with Crippen molar-refractivity contribution in [3.63, 3.8) is 0 Å². The fourth-order valence-corrected chi connectivity index (χ4v) is 8.30. The summed E-state index contributed by atoms with van der Waals surface area (Å²) in [6.07, 6.45) is 2.19. The summed E-state index contributed by atoms with van der Waals surface area (Å²) in [5.41, 5.74) is 1.75. The van der Waals surface area contributed by atoms with Crippen molar-refractivity contribution in [2.24, 2.45) is 0 Å². The number of hydrogen-bond acceptors (Lipinski definition) is 11. The van der Waals surface area contributed by atoms with Gasteiger partial charge in [0.25, 0.3) is 8.53 Å². The highest BCUT2D eigenvalue weighted by Crippen LogP contribution is 2.51. The first-order valence-corrected chi connectivity index (χ1v) is 18.8. The lowest BCUT2D eigenvalue weighted by atomic mass is 9.80. The summed E-state index contributed by atoms with van der Waals surface area (Å²) in [4.78, 5) is 16.6. The van der Waals surface area contributed by atoms with Gasteiger partial charge in [0.1, 0.15) is 29.4 Å². The second-order valence-corrected chi connectivity index (χ2v) is 14.5. The molecule has 1 aliphatic heterocycles. The minimum Gasteiger partial charge on any atom is -0.497 e. The quantitative estimate of drug-likeness (QED) is 0.0432. The average molecular weight is 745 g/mol. The van der Waals surface area contributed by atoms with Crippen molar-refractivity contribution < 1.29 is 37.5 Å². The third-order valence-electron chi connectivity index (χ3n) is 9.03. The van der Waals surface area contributed by atoms with E-state index in [0.717, 1.165) is 28.2 Å². The molecule has 0 spiro atoms. The van der Waals surface area contributed by atoms with Crippen LogP contribution in [0.4, 0.5) is 0 Å². The zero-order valence-electron chi connectivity index (χ0n) is 31.4. The number of imidazole rings is 1. The summed E-state index contributed by atoms with van der Waals surface area (Å²) in [5.74, 6) is 0.897. The minimum atomic E-state index is -1.61. The van der Waals surface area contributed by atoms with Crippen LogP contribution in [0.25, 0.3) is 0 Å². The maximum Gasteiger partial charge on any atom is 0.358 e. The van der Waals surface area contributed by atoms with Crippen molar-refractivity contribution in [2.45, 2.75) is 76.7 Å². The van der Waals surface area contributed by atoms with E-state index in [1.807, 2.05) is 78.9 Å². The molecule has 282 valence electrons. The fourth-order valence-electron chi connectivity index (χ4n) is 6.54. The van der Waals surface area contributed by atoms with E-state index in [1.165, 1.54) is 7.11 Å². The van der Waals surface area contributed by atoms with Crippen molar-refractivity contribution >= 4 is 14.5 Å². The average Bonchev–Trinajstić information content (AvgIpc) is 3.83. The Morgan fingerprint density at radius 3 is 2.06 bits per heavy atom. The number of rotatable bonds is 18. The Balaban J connectivity index is 1.57. The first-order valence-electron chi connectivity index (χ1n) is 17.7. The maximum atomic E-state index is 12.3. The maximum absolute atomic E-state index is 12.3. The molecule has 1 fully saturated rings. The molecule has 0 amide bonds. The van der Waals surface area contributed by atoms with Gasteiger partial charge in [-0.05, 0) is 68.7 Å². The molecule has 0 radical (unpaired) electrons. The normalized spacial score (nSPS) is 17.9. The van der Waals surface area contributed by atoms with E-state index in [2.05, 4.69) is 43.4 Å². The van der Waals surface area contributed by atoms with E-state index in [1.54, 1.807) is 31.3 Å². The summed E-state index contributed by atoms with van der Waals surface area (Å²) in [5, 5.41) is 9.30. The number of nitriles is 1. The Hall–Kier alpha value is -4.34. The van der Waals surface area contributed by atoms with Gasteiger partial charge in [-0.15, -0.1) is 0 Å². The number of nitrogens with zero attached hydrogens (tertiary/aromatic N) is 4. The van der Waals surface area contributed by atoms with Crippen LogP contribution in [0, 0.1) is 11.3 Å². The summed E-state index contributed by atoms with van der Waals surface area (Å²) >= 11 is 0. The van der Waals surface area contributed by atoms with Crippen LogP contribution in [-0.4, -0.2) is 79.0 Å². The Kier molecular flexibility index (Phi) is 14.0. The van der Waals surface area contributed by atoms with Crippen LogP contribution in [0.2, 0.25) is 0 Å². The number of benzene rings is 3. The van der Waals surface area contributed by atoms with E-state index in [-0.39, 0.29) is 37.4 Å². The van der Waals surface area contributed by atoms with E-state index in [4.69, 9.17) is 32.7 Å². The molecule has 0 aliphatic carbocycles. The molecule has 4 aromatic rings. The Morgan fingerprint density at radius 1 is 0.943 bits per heavy atom. The number of ether oxygens (including phenoxy) is 5. The van der Waals surface area contributed by atoms with Gasteiger partial charge >= 0.3 is 5.97 Å². The van der Waals surface area contributed by atoms with Crippen LogP contribution in [0.15, 0.2) is 91.4 Å². The van der Waals surface area contributed by atoms with Crippen LogP contribution in [0.3, 0.4) is 0 Å². The van der Waals surface area contributed by atoms with Gasteiger partial charge in [0.2, 0.25) is 0 Å². The second-order valence-electron chi connectivity index (χ2n) is 13.1. The number of aromatic nitrogens is 2. The predicted octanol–water partition coefficient (Wildman–Crippen LogP) is 7.64. The monoisotopic (exact) mass is 744 g/mol. The fraction of sp³-hybridized carbons (Fsp3) is 0.425. The smallest absolute Gasteiger partial charge is 0.358 e. The molecule has 3 aromatic carbocycles. The van der Waals surface area contributed by atoms with Gasteiger partial charge < -0.3 is 37.3 Å². The lowest BCUT2D eigenvalue weighted by Gasteiger charge is -2.39. The number of esters is 1. The molecule has 1 aromatic heterocycles. The number of carbonyl (C=O) groups is 1. The molecule has 0 saturated carbocycles. The molecule has 2 heterocycles. The molecule has 12 nitrogen and oxygen atoms in total. The summed E-state index contributed by atoms with van der Waals surface area (Å²) in [6, 6.07) is 28.1. The topological polar surface area (TPSA) is 127 Å². The molecule has 53 heavy (non-hydrogen) atoms. The minimum absolute atomic E-state index is 0.100. The first kappa shape index (κ1) is 39.9. The summed E-state index contributed by atoms with van der Waals surface area (Å²) in [7, 11) is 2.99. The molecule has 13 heteroatoms. The van der Waals surface area contributed by atoms with Crippen LogP contribution >= 0.6 is 8.53 Å². The standard InChI is InChI=1S/C40H49N4O8P/c1-28(2)44(29(3)4)53(50-23-11-22-41)52-36-24-38(43-25-35(42-27-43)39(45)48-7)51-37(36)26-49-40(30-12-9-8-10-13-30,31-14-18-33(46-5)19-15-31)32-16-20-34(47-6)21-17-32/h8-10,12-21,25,27-29,36-38H,11,23-24,26H2,1-7H3/t36-,37+,38+,53?/m0/s1. The molecule has 1 saturated heterocycles. The Labute approximate surface area is 313 Å². The highest BCUT2D eigenvalue weighted by Gasteiger charge is 2.45. The van der Waals surface area contributed by atoms with Crippen molar-refractivity contribution in [3.05, 3.63) is 114 Å². The van der Waals surface area contributed by atoms with Crippen LogP contribution in [0.5, 0.6) is 11.5 Å². The van der Waals surface area contributed by atoms with Gasteiger partial charge in [-0.25, -0.2) is 14.4 Å². The molecule has 4 atom stereocenters.